The summed E-state index contributed by atoms with van der Waals surface area (Å²) in [5.74, 6) is 0.0668. The maximum atomic E-state index is 13.2. The summed E-state index contributed by atoms with van der Waals surface area (Å²) in [5.41, 5.74) is 0.706. The fraction of sp³-hybridized carbons (Fsp3) is 0.391. The van der Waals surface area contributed by atoms with E-state index in [0.29, 0.717) is 27.8 Å². The van der Waals surface area contributed by atoms with Gasteiger partial charge in [-0.05, 0) is 61.7 Å². The van der Waals surface area contributed by atoms with E-state index >= 15 is 0 Å². The molecule has 0 saturated heterocycles. The number of hydrogen-bond donors (Lipinski definition) is 1. The summed E-state index contributed by atoms with van der Waals surface area (Å²) < 4.78 is 6.58. The molecule has 0 aliphatic carbocycles. The Labute approximate surface area is 202 Å². The number of ether oxygens (including phenoxy) is 1. The Kier molecular flexibility index (Phi) is 10.1. The van der Waals surface area contributed by atoms with E-state index in [2.05, 4.69) is 21.2 Å². The van der Waals surface area contributed by atoms with E-state index in [9.17, 15) is 9.59 Å². The molecule has 0 aliphatic rings. The van der Waals surface area contributed by atoms with Gasteiger partial charge in [0.1, 0.15) is 11.8 Å². The van der Waals surface area contributed by atoms with Gasteiger partial charge >= 0.3 is 0 Å². The molecule has 31 heavy (non-hydrogen) atoms. The molecule has 1 N–H and O–H groups in total. The summed E-state index contributed by atoms with van der Waals surface area (Å²) in [6.45, 7) is 5.78. The van der Waals surface area contributed by atoms with Gasteiger partial charge < -0.3 is 15.0 Å². The molecule has 0 spiro atoms. The van der Waals surface area contributed by atoms with Gasteiger partial charge in [-0.3, -0.25) is 9.59 Å². The lowest BCUT2D eigenvalue weighted by Crippen LogP contribution is -2.51. The quantitative estimate of drug-likeness (QED) is 0.419. The molecule has 0 heterocycles. The maximum absolute atomic E-state index is 13.2. The van der Waals surface area contributed by atoms with Gasteiger partial charge in [0.05, 0.1) is 0 Å². The van der Waals surface area contributed by atoms with Crippen molar-refractivity contribution in [2.45, 2.75) is 52.2 Å². The number of nitrogens with zero attached hydrogens (tertiary/aromatic N) is 1. The molecule has 2 atom stereocenters. The van der Waals surface area contributed by atoms with Gasteiger partial charge in [-0.25, -0.2) is 0 Å². The first-order valence-electron chi connectivity index (χ1n) is 10.2. The van der Waals surface area contributed by atoms with E-state index in [1.165, 1.54) is 4.90 Å². The Morgan fingerprint density at radius 2 is 1.77 bits per heavy atom. The summed E-state index contributed by atoms with van der Waals surface area (Å²) in [7, 11) is 0. The van der Waals surface area contributed by atoms with Crippen LogP contribution in [-0.4, -0.2) is 35.4 Å². The standard InChI is InChI=1S/C23H27BrCl2N2O3/c1-4-15(3)27-23(30)21(5-2)28(13-16-6-9-18(25)12-20(16)26)22(29)14-31-19-10-7-17(24)8-11-19/h6-12,15,21H,4-5,13-14H2,1-3H3,(H,27,30)/t15-,21-/m0/s1. The number of hydrogen-bond acceptors (Lipinski definition) is 3. The predicted molar refractivity (Wildman–Crippen MR) is 129 cm³/mol. The van der Waals surface area contributed by atoms with Crippen molar-refractivity contribution in [3.63, 3.8) is 0 Å². The number of carbonyl (C=O) groups excluding carboxylic acids is 2. The lowest BCUT2D eigenvalue weighted by Gasteiger charge is -2.31. The van der Waals surface area contributed by atoms with Crippen molar-refractivity contribution in [1.82, 2.24) is 10.2 Å². The van der Waals surface area contributed by atoms with Crippen LogP contribution in [0, 0.1) is 0 Å². The number of halogens is 3. The normalized spacial score (nSPS) is 12.7. The lowest BCUT2D eigenvalue weighted by atomic mass is 10.1. The topological polar surface area (TPSA) is 58.6 Å². The van der Waals surface area contributed by atoms with Crippen LogP contribution in [0.15, 0.2) is 46.9 Å². The average Bonchev–Trinajstić information content (AvgIpc) is 2.74. The van der Waals surface area contributed by atoms with Crippen LogP contribution in [0.1, 0.15) is 39.2 Å². The van der Waals surface area contributed by atoms with Gasteiger partial charge in [-0.2, -0.15) is 0 Å². The summed E-state index contributed by atoms with van der Waals surface area (Å²) >= 11 is 15.7. The molecule has 0 aromatic heterocycles. The zero-order valence-electron chi connectivity index (χ0n) is 17.8. The largest absolute Gasteiger partial charge is 0.484 e. The van der Waals surface area contributed by atoms with Crippen LogP contribution in [-0.2, 0) is 16.1 Å². The average molecular weight is 530 g/mol. The minimum Gasteiger partial charge on any atom is -0.484 e. The van der Waals surface area contributed by atoms with E-state index in [0.717, 1.165) is 10.9 Å². The highest BCUT2D eigenvalue weighted by Crippen LogP contribution is 2.24. The molecule has 168 valence electrons. The lowest BCUT2D eigenvalue weighted by molar-refractivity contribution is -0.143. The first-order valence-corrected chi connectivity index (χ1v) is 11.7. The molecule has 0 radical (unpaired) electrons. The fourth-order valence-electron chi connectivity index (χ4n) is 2.95. The number of amides is 2. The van der Waals surface area contributed by atoms with Crippen molar-refractivity contribution in [2.24, 2.45) is 0 Å². The zero-order chi connectivity index (χ0) is 23.0. The molecule has 5 nitrogen and oxygen atoms in total. The zero-order valence-corrected chi connectivity index (χ0v) is 20.9. The molecule has 2 aromatic rings. The van der Waals surface area contributed by atoms with E-state index in [-0.39, 0.29) is 31.0 Å². The van der Waals surface area contributed by atoms with Gasteiger partial charge in [-0.1, -0.05) is 59.0 Å². The van der Waals surface area contributed by atoms with Crippen LogP contribution in [0.25, 0.3) is 0 Å². The van der Waals surface area contributed by atoms with Crippen LogP contribution in [0.2, 0.25) is 10.0 Å². The number of rotatable bonds is 10. The van der Waals surface area contributed by atoms with Crippen LogP contribution >= 0.6 is 39.1 Å². The van der Waals surface area contributed by atoms with Crippen molar-refractivity contribution in [3.8, 4) is 5.75 Å². The van der Waals surface area contributed by atoms with Gasteiger partial charge in [-0.15, -0.1) is 0 Å². The molecule has 0 saturated carbocycles. The van der Waals surface area contributed by atoms with Crippen LogP contribution < -0.4 is 10.1 Å². The van der Waals surface area contributed by atoms with Crippen LogP contribution in [0.4, 0.5) is 0 Å². The summed E-state index contributed by atoms with van der Waals surface area (Å²) in [4.78, 5) is 27.6. The Morgan fingerprint density at radius 3 is 2.35 bits per heavy atom. The Hall–Kier alpha value is -1.76. The molecule has 0 unspecified atom stereocenters. The van der Waals surface area contributed by atoms with Crippen molar-refractivity contribution >= 4 is 50.9 Å². The second kappa shape index (κ2) is 12.3. The predicted octanol–water partition coefficient (Wildman–Crippen LogP) is 5.86. The van der Waals surface area contributed by atoms with Crippen molar-refractivity contribution < 1.29 is 14.3 Å². The van der Waals surface area contributed by atoms with E-state index in [1.807, 2.05) is 32.9 Å². The van der Waals surface area contributed by atoms with E-state index in [1.54, 1.807) is 30.3 Å². The molecule has 2 rings (SSSR count). The van der Waals surface area contributed by atoms with Gasteiger partial charge in [0.25, 0.3) is 5.91 Å². The van der Waals surface area contributed by atoms with E-state index < -0.39 is 6.04 Å². The number of carbonyl (C=O) groups is 2. The van der Waals surface area contributed by atoms with Crippen LogP contribution in [0.3, 0.4) is 0 Å². The summed E-state index contributed by atoms with van der Waals surface area (Å²) in [6, 6.07) is 11.7. The Balaban J connectivity index is 2.24. The van der Waals surface area contributed by atoms with Gasteiger partial charge in [0.15, 0.2) is 6.61 Å². The first-order chi connectivity index (χ1) is 14.7. The summed E-state index contributed by atoms with van der Waals surface area (Å²) in [6.07, 6.45) is 1.25. The van der Waals surface area contributed by atoms with Gasteiger partial charge in [0, 0.05) is 27.1 Å². The molecule has 2 amide bonds. The molecular formula is C23H27BrCl2N2O3. The molecule has 2 aromatic carbocycles. The molecular weight excluding hydrogens is 503 g/mol. The van der Waals surface area contributed by atoms with Crippen LogP contribution in [0.5, 0.6) is 5.75 Å². The Morgan fingerprint density at radius 1 is 1.10 bits per heavy atom. The third-order valence-corrected chi connectivity index (χ3v) is 6.03. The molecule has 0 bridgehead atoms. The van der Waals surface area contributed by atoms with Crippen molar-refractivity contribution in [2.75, 3.05) is 6.61 Å². The first kappa shape index (κ1) is 25.5. The van der Waals surface area contributed by atoms with Gasteiger partial charge in [0.2, 0.25) is 5.91 Å². The number of nitrogens with one attached hydrogen (secondary N) is 1. The minimum absolute atomic E-state index is 0.0108. The van der Waals surface area contributed by atoms with Crippen molar-refractivity contribution in [3.05, 3.63) is 62.5 Å². The number of benzene rings is 2. The second-order valence-corrected chi connectivity index (χ2v) is 9.00. The highest BCUT2D eigenvalue weighted by molar-refractivity contribution is 9.10. The smallest absolute Gasteiger partial charge is 0.261 e. The second-order valence-electron chi connectivity index (χ2n) is 7.24. The Bertz CT molecular complexity index is 893. The van der Waals surface area contributed by atoms with Crippen molar-refractivity contribution in [1.29, 1.82) is 0 Å². The third kappa shape index (κ3) is 7.70. The highest BCUT2D eigenvalue weighted by atomic mass is 79.9. The molecule has 8 heteroatoms. The molecule has 0 aliphatic heterocycles. The fourth-order valence-corrected chi connectivity index (χ4v) is 3.69. The third-order valence-electron chi connectivity index (χ3n) is 4.92. The molecule has 0 fully saturated rings. The maximum Gasteiger partial charge on any atom is 0.261 e. The minimum atomic E-state index is -0.651. The monoisotopic (exact) mass is 528 g/mol. The van der Waals surface area contributed by atoms with E-state index in [4.69, 9.17) is 27.9 Å². The highest BCUT2D eigenvalue weighted by Gasteiger charge is 2.30. The SMILES string of the molecule is CC[C@H](C)NC(=O)[C@H](CC)N(Cc1ccc(Cl)cc1Cl)C(=O)COc1ccc(Br)cc1. The summed E-state index contributed by atoms with van der Waals surface area (Å²) in [5, 5.41) is 3.92.